The Morgan fingerprint density at radius 2 is 1.70 bits per heavy atom. The van der Waals surface area contributed by atoms with Gasteiger partial charge in [-0.3, -0.25) is 4.79 Å². The lowest BCUT2D eigenvalue weighted by molar-refractivity contribution is -0.155. The molecular formula is C19H15F4N3O. The highest BCUT2D eigenvalue weighted by Crippen LogP contribution is 2.33. The molecule has 0 spiro atoms. The molecule has 140 valence electrons. The third-order valence-corrected chi connectivity index (χ3v) is 4.06. The first kappa shape index (κ1) is 18.6. The van der Waals surface area contributed by atoms with E-state index in [1.165, 1.54) is 10.9 Å². The van der Waals surface area contributed by atoms with E-state index >= 15 is 0 Å². The quantitative estimate of drug-likeness (QED) is 0.687. The van der Waals surface area contributed by atoms with Crippen molar-refractivity contribution < 1.29 is 22.4 Å². The van der Waals surface area contributed by atoms with Crippen molar-refractivity contribution in [1.82, 2.24) is 15.1 Å². The molecule has 1 atom stereocenters. The molecule has 0 aliphatic rings. The molecular weight excluding hydrogens is 362 g/mol. The van der Waals surface area contributed by atoms with Crippen LogP contribution in [0.3, 0.4) is 0 Å². The highest BCUT2D eigenvalue weighted by Gasteiger charge is 2.42. The summed E-state index contributed by atoms with van der Waals surface area (Å²) in [5, 5.41) is 6.06. The highest BCUT2D eigenvalue weighted by molar-refractivity contribution is 5.95. The molecule has 3 rings (SSSR count). The lowest BCUT2D eigenvalue weighted by Gasteiger charge is -2.22. The molecule has 3 aromatic rings. The minimum Gasteiger partial charge on any atom is -0.337 e. The molecule has 8 heteroatoms. The summed E-state index contributed by atoms with van der Waals surface area (Å²) in [6.45, 7) is 1.59. The van der Waals surface area contributed by atoms with Gasteiger partial charge < -0.3 is 5.32 Å². The van der Waals surface area contributed by atoms with Gasteiger partial charge in [-0.1, -0.05) is 30.3 Å². The zero-order valence-corrected chi connectivity index (χ0v) is 14.2. The summed E-state index contributed by atoms with van der Waals surface area (Å²) in [6.07, 6.45) is -3.52. The minimum atomic E-state index is -4.74. The molecule has 1 heterocycles. The Kier molecular flexibility index (Phi) is 4.98. The van der Waals surface area contributed by atoms with Gasteiger partial charge in [0, 0.05) is 0 Å². The number of para-hydroxylation sites is 1. The van der Waals surface area contributed by atoms with Crippen molar-refractivity contribution in [2.45, 2.75) is 19.1 Å². The van der Waals surface area contributed by atoms with Crippen LogP contribution >= 0.6 is 0 Å². The van der Waals surface area contributed by atoms with Crippen LogP contribution in [-0.2, 0) is 0 Å². The van der Waals surface area contributed by atoms with Crippen LogP contribution in [-0.4, -0.2) is 21.9 Å². The van der Waals surface area contributed by atoms with Crippen molar-refractivity contribution in [2.75, 3.05) is 0 Å². The van der Waals surface area contributed by atoms with Gasteiger partial charge in [0.25, 0.3) is 5.91 Å². The van der Waals surface area contributed by atoms with Crippen LogP contribution in [0.4, 0.5) is 17.6 Å². The normalized spacial score (nSPS) is 12.6. The van der Waals surface area contributed by atoms with E-state index in [2.05, 4.69) is 5.10 Å². The lowest BCUT2D eigenvalue weighted by Crippen LogP contribution is -2.38. The molecule has 1 N–H and O–H groups in total. The maximum Gasteiger partial charge on any atom is 0.412 e. The van der Waals surface area contributed by atoms with E-state index in [1.54, 1.807) is 31.2 Å². The highest BCUT2D eigenvalue weighted by atomic mass is 19.4. The summed E-state index contributed by atoms with van der Waals surface area (Å²) in [6, 6.07) is 10.5. The third kappa shape index (κ3) is 3.99. The van der Waals surface area contributed by atoms with E-state index in [0.717, 1.165) is 24.3 Å². The number of alkyl halides is 3. The number of nitrogens with zero attached hydrogens (tertiary/aromatic N) is 2. The average Bonchev–Trinajstić information content (AvgIpc) is 3.02. The van der Waals surface area contributed by atoms with Gasteiger partial charge in [0.1, 0.15) is 5.82 Å². The predicted molar refractivity (Wildman–Crippen MR) is 91.0 cm³/mol. The maximum atomic E-state index is 13.4. The maximum absolute atomic E-state index is 13.4. The zero-order valence-electron chi connectivity index (χ0n) is 14.2. The van der Waals surface area contributed by atoms with Crippen LogP contribution in [0.1, 0.15) is 27.7 Å². The van der Waals surface area contributed by atoms with Gasteiger partial charge in [-0.2, -0.15) is 18.3 Å². The minimum absolute atomic E-state index is 0.0233. The van der Waals surface area contributed by atoms with Crippen molar-refractivity contribution in [3.8, 4) is 5.69 Å². The van der Waals surface area contributed by atoms with E-state index in [-0.39, 0.29) is 11.1 Å². The van der Waals surface area contributed by atoms with Gasteiger partial charge in [-0.25, -0.2) is 9.07 Å². The van der Waals surface area contributed by atoms with E-state index in [1.807, 2.05) is 11.4 Å². The molecule has 2 aromatic carbocycles. The molecule has 0 radical (unpaired) electrons. The van der Waals surface area contributed by atoms with E-state index in [4.69, 9.17) is 0 Å². The number of amides is 1. The smallest absolute Gasteiger partial charge is 0.337 e. The van der Waals surface area contributed by atoms with Gasteiger partial charge in [0.15, 0.2) is 6.04 Å². The first-order valence-electron chi connectivity index (χ1n) is 8.00. The molecule has 1 amide bonds. The predicted octanol–water partition coefficient (Wildman–Crippen LogP) is 4.35. The Hall–Kier alpha value is -3.16. The summed E-state index contributed by atoms with van der Waals surface area (Å²) >= 11 is 0. The average molecular weight is 377 g/mol. The van der Waals surface area contributed by atoms with E-state index < -0.39 is 23.9 Å². The second kappa shape index (κ2) is 7.22. The summed E-state index contributed by atoms with van der Waals surface area (Å²) in [5.41, 5.74) is 0.847. The Bertz CT molecular complexity index is 934. The standard InChI is InChI=1S/C19H15F4N3O/c1-12-16(11-24-26(12)15-5-3-2-4-6-15)18(27)25-17(19(21,22)23)13-7-9-14(20)10-8-13/h2-11,17H,1H3,(H,25,27). The lowest BCUT2D eigenvalue weighted by atomic mass is 10.1. The molecule has 1 unspecified atom stereocenters. The van der Waals surface area contributed by atoms with Crippen molar-refractivity contribution in [2.24, 2.45) is 0 Å². The fraction of sp³-hybridized carbons (Fsp3) is 0.158. The number of carbonyl (C=O) groups excluding carboxylic acids is 1. The summed E-state index contributed by atoms with van der Waals surface area (Å²) in [7, 11) is 0. The van der Waals surface area contributed by atoms with Gasteiger partial charge in [0.2, 0.25) is 0 Å². The van der Waals surface area contributed by atoms with Crippen molar-refractivity contribution in [3.05, 3.63) is 83.4 Å². The van der Waals surface area contributed by atoms with Crippen LogP contribution in [0.2, 0.25) is 0 Å². The number of halogens is 4. The van der Waals surface area contributed by atoms with Gasteiger partial charge >= 0.3 is 6.18 Å². The number of benzene rings is 2. The number of hydrogen-bond donors (Lipinski definition) is 1. The summed E-state index contributed by atoms with van der Waals surface area (Å²) in [4.78, 5) is 12.5. The Labute approximate surface area is 152 Å². The third-order valence-electron chi connectivity index (χ3n) is 4.06. The second-order valence-electron chi connectivity index (χ2n) is 5.89. The van der Waals surface area contributed by atoms with Gasteiger partial charge in [-0.15, -0.1) is 0 Å². The number of rotatable bonds is 4. The molecule has 1 aromatic heterocycles. The number of hydrogen-bond acceptors (Lipinski definition) is 2. The van der Waals surface area contributed by atoms with Crippen LogP contribution in [0.25, 0.3) is 5.69 Å². The second-order valence-corrected chi connectivity index (χ2v) is 5.89. The topological polar surface area (TPSA) is 46.9 Å². The summed E-state index contributed by atoms with van der Waals surface area (Å²) < 4.78 is 54.8. The van der Waals surface area contributed by atoms with E-state index in [0.29, 0.717) is 11.4 Å². The first-order valence-corrected chi connectivity index (χ1v) is 8.00. The molecule has 0 aliphatic heterocycles. The fourth-order valence-corrected chi connectivity index (χ4v) is 2.68. The molecule has 0 bridgehead atoms. The molecule has 0 fully saturated rings. The van der Waals surface area contributed by atoms with Crippen LogP contribution in [0.5, 0.6) is 0 Å². The number of carbonyl (C=O) groups is 1. The number of nitrogens with one attached hydrogen (secondary N) is 1. The van der Waals surface area contributed by atoms with Crippen molar-refractivity contribution >= 4 is 5.91 Å². The summed E-state index contributed by atoms with van der Waals surface area (Å²) in [5.74, 6) is -1.58. The van der Waals surface area contributed by atoms with Crippen LogP contribution in [0.15, 0.2) is 60.8 Å². The SMILES string of the molecule is Cc1c(C(=O)NC(c2ccc(F)cc2)C(F)(F)F)cnn1-c1ccccc1. The van der Waals surface area contributed by atoms with Gasteiger partial charge in [-0.05, 0) is 36.8 Å². The van der Waals surface area contributed by atoms with Crippen molar-refractivity contribution in [3.63, 3.8) is 0 Å². The van der Waals surface area contributed by atoms with Gasteiger partial charge in [0.05, 0.1) is 23.1 Å². The largest absolute Gasteiger partial charge is 0.412 e. The van der Waals surface area contributed by atoms with Crippen molar-refractivity contribution in [1.29, 1.82) is 0 Å². The molecule has 0 saturated heterocycles. The molecule has 27 heavy (non-hydrogen) atoms. The molecule has 4 nitrogen and oxygen atoms in total. The fourth-order valence-electron chi connectivity index (χ4n) is 2.68. The first-order chi connectivity index (χ1) is 12.8. The van der Waals surface area contributed by atoms with E-state index in [9.17, 15) is 22.4 Å². The zero-order chi connectivity index (χ0) is 19.6. The Balaban J connectivity index is 1.89. The molecule has 0 aliphatic carbocycles. The number of aromatic nitrogens is 2. The molecule has 0 saturated carbocycles. The monoisotopic (exact) mass is 377 g/mol. The van der Waals surface area contributed by atoms with Crippen LogP contribution < -0.4 is 5.32 Å². The van der Waals surface area contributed by atoms with Crippen LogP contribution in [0, 0.1) is 12.7 Å². The Morgan fingerprint density at radius 1 is 1.07 bits per heavy atom. The Morgan fingerprint density at radius 3 is 2.30 bits per heavy atom.